The molecule has 0 bridgehead atoms. The smallest absolute Gasteiger partial charge is 0.407 e. The molecule has 0 unspecified atom stereocenters. The van der Waals surface area contributed by atoms with Gasteiger partial charge < -0.3 is 10.0 Å². The number of amides is 1. The molecule has 17 heavy (non-hydrogen) atoms. The van der Waals surface area contributed by atoms with E-state index in [0.29, 0.717) is 24.6 Å². The van der Waals surface area contributed by atoms with Gasteiger partial charge in [-0.1, -0.05) is 12.1 Å². The van der Waals surface area contributed by atoms with Gasteiger partial charge in [-0.3, -0.25) is 0 Å². The summed E-state index contributed by atoms with van der Waals surface area (Å²) in [6.45, 7) is 1.16. The second-order valence-electron chi connectivity index (χ2n) is 4.28. The van der Waals surface area contributed by atoms with Gasteiger partial charge in [0.1, 0.15) is 0 Å². The van der Waals surface area contributed by atoms with E-state index in [0.717, 1.165) is 18.4 Å². The summed E-state index contributed by atoms with van der Waals surface area (Å²) in [5.74, 6) is 0.374. The number of likely N-dealkylation sites (tertiary alicyclic amines) is 1. The lowest BCUT2D eigenvalue weighted by Crippen LogP contribution is -2.36. The van der Waals surface area contributed by atoms with Crippen molar-refractivity contribution in [2.75, 3.05) is 13.1 Å². The third-order valence-corrected chi connectivity index (χ3v) is 3.25. The van der Waals surface area contributed by atoms with Gasteiger partial charge in [0.05, 0.1) is 11.6 Å². The Labute approximate surface area is 100 Å². The van der Waals surface area contributed by atoms with Gasteiger partial charge in [-0.15, -0.1) is 0 Å². The number of hydrogen-bond acceptors (Lipinski definition) is 2. The molecule has 88 valence electrons. The summed E-state index contributed by atoms with van der Waals surface area (Å²) in [6, 6.07) is 9.72. The molecule has 1 fully saturated rings. The third kappa shape index (κ3) is 2.56. The molecule has 1 aliphatic heterocycles. The average molecular weight is 230 g/mol. The van der Waals surface area contributed by atoms with Crippen LogP contribution < -0.4 is 0 Å². The van der Waals surface area contributed by atoms with Crippen molar-refractivity contribution in [1.82, 2.24) is 4.90 Å². The van der Waals surface area contributed by atoms with Crippen LogP contribution in [-0.4, -0.2) is 29.2 Å². The van der Waals surface area contributed by atoms with Crippen molar-refractivity contribution in [3.63, 3.8) is 0 Å². The number of nitrogens with zero attached hydrogens (tertiary/aromatic N) is 2. The van der Waals surface area contributed by atoms with Crippen LogP contribution in [0.1, 0.15) is 29.9 Å². The number of hydrogen-bond donors (Lipinski definition) is 1. The maximum atomic E-state index is 10.8. The Balaban J connectivity index is 2.05. The number of nitriles is 1. The Morgan fingerprint density at radius 3 is 2.71 bits per heavy atom. The van der Waals surface area contributed by atoms with Crippen LogP contribution in [0.3, 0.4) is 0 Å². The van der Waals surface area contributed by atoms with Crippen LogP contribution in [0.2, 0.25) is 0 Å². The standard InChI is InChI=1S/C13H14N2O2/c14-9-10-2-1-3-12(8-10)11-4-6-15(7-5-11)13(16)17/h1-3,8,11H,4-7H2,(H,16,17). The molecule has 1 amide bonds. The summed E-state index contributed by atoms with van der Waals surface area (Å²) >= 11 is 0. The van der Waals surface area contributed by atoms with Crippen LogP contribution in [0.5, 0.6) is 0 Å². The Bertz CT molecular complexity index is 457. The fourth-order valence-corrected chi connectivity index (χ4v) is 2.27. The number of carbonyl (C=O) groups is 1. The quantitative estimate of drug-likeness (QED) is 0.805. The van der Waals surface area contributed by atoms with Crippen LogP contribution in [0.4, 0.5) is 4.79 Å². The minimum absolute atomic E-state index is 0.374. The molecule has 1 aliphatic rings. The fraction of sp³-hybridized carbons (Fsp3) is 0.385. The van der Waals surface area contributed by atoms with Crippen LogP contribution in [-0.2, 0) is 0 Å². The molecule has 4 heteroatoms. The SMILES string of the molecule is N#Cc1cccc(C2CCN(C(=O)O)CC2)c1. The minimum atomic E-state index is -0.839. The molecule has 0 spiro atoms. The van der Waals surface area contributed by atoms with Gasteiger partial charge in [0.25, 0.3) is 0 Å². The largest absolute Gasteiger partial charge is 0.465 e. The molecule has 0 aromatic heterocycles. The molecule has 4 nitrogen and oxygen atoms in total. The molecule has 1 N–H and O–H groups in total. The van der Waals surface area contributed by atoms with Gasteiger partial charge in [0.2, 0.25) is 0 Å². The van der Waals surface area contributed by atoms with Crippen LogP contribution in [0, 0.1) is 11.3 Å². The first-order valence-electron chi connectivity index (χ1n) is 5.68. The van der Waals surface area contributed by atoms with E-state index in [1.54, 1.807) is 6.07 Å². The lowest BCUT2D eigenvalue weighted by molar-refractivity contribution is 0.132. The molecule has 1 heterocycles. The summed E-state index contributed by atoms with van der Waals surface area (Å²) in [4.78, 5) is 12.2. The lowest BCUT2D eigenvalue weighted by atomic mass is 9.89. The van der Waals surface area contributed by atoms with Gasteiger partial charge in [-0.05, 0) is 36.5 Å². The summed E-state index contributed by atoms with van der Waals surface area (Å²) in [5.41, 5.74) is 1.82. The predicted molar refractivity (Wildman–Crippen MR) is 62.7 cm³/mol. The molecule has 0 aliphatic carbocycles. The first-order chi connectivity index (χ1) is 8.20. The number of rotatable bonds is 1. The predicted octanol–water partition coefficient (Wildman–Crippen LogP) is 2.42. The summed E-state index contributed by atoms with van der Waals surface area (Å²) < 4.78 is 0. The molecule has 0 saturated carbocycles. The highest BCUT2D eigenvalue weighted by atomic mass is 16.4. The van der Waals surface area contributed by atoms with E-state index in [1.807, 2.05) is 18.2 Å². The first kappa shape index (κ1) is 11.5. The van der Waals surface area contributed by atoms with Crippen molar-refractivity contribution in [2.24, 2.45) is 0 Å². The summed E-state index contributed by atoms with van der Waals surface area (Å²) in [5, 5.41) is 17.7. The molecule has 1 aromatic carbocycles. The second kappa shape index (κ2) is 4.88. The van der Waals surface area contributed by atoms with Crippen molar-refractivity contribution in [3.8, 4) is 6.07 Å². The van der Waals surface area contributed by atoms with E-state index in [2.05, 4.69) is 6.07 Å². The van der Waals surface area contributed by atoms with Gasteiger partial charge in [-0.2, -0.15) is 5.26 Å². The monoisotopic (exact) mass is 230 g/mol. The zero-order valence-corrected chi connectivity index (χ0v) is 9.47. The first-order valence-corrected chi connectivity index (χ1v) is 5.68. The van der Waals surface area contributed by atoms with E-state index in [1.165, 1.54) is 4.90 Å². The van der Waals surface area contributed by atoms with Gasteiger partial charge in [0.15, 0.2) is 0 Å². The number of carboxylic acid groups (broad SMARTS) is 1. The van der Waals surface area contributed by atoms with E-state index in [4.69, 9.17) is 10.4 Å². The fourth-order valence-electron chi connectivity index (χ4n) is 2.27. The highest BCUT2D eigenvalue weighted by Crippen LogP contribution is 2.28. The topological polar surface area (TPSA) is 64.3 Å². The van der Waals surface area contributed by atoms with Crippen LogP contribution in [0.25, 0.3) is 0 Å². The number of benzene rings is 1. The zero-order valence-electron chi connectivity index (χ0n) is 9.47. The summed E-state index contributed by atoms with van der Waals surface area (Å²) in [7, 11) is 0. The highest BCUT2D eigenvalue weighted by Gasteiger charge is 2.23. The Kier molecular flexibility index (Phi) is 3.29. The van der Waals surface area contributed by atoms with E-state index >= 15 is 0 Å². The lowest BCUT2D eigenvalue weighted by Gasteiger charge is -2.30. The van der Waals surface area contributed by atoms with Crippen LogP contribution >= 0.6 is 0 Å². The second-order valence-corrected chi connectivity index (χ2v) is 4.28. The van der Waals surface area contributed by atoms with Gasteiger partial charge in [0, 0.05) is 13.1 Å². The molecule has 0 atom stereocenters. The molecule has 1 saturated heterocycles. The maximum absolute atomic E-state index is 10.8. The third-order valence-electron chi connectivity index (χ3n) is 3.25. The molecule has 0 radical (unpaired) electrons. The molecule has 1 aromatic rings. The zero-order chi connectivity index (χ0) is 12.3. The van der Waals surface area contributed by atoms with Crippen molar-refractivity contribution in [3.05, 3.63) is 35.4 Å². The summed E-state index contributed by atoms with van der Waals surface area (Å²) in [6.07, 6.45) is 0.830. The Morgan fingerprint density at radius 2 is 2.12 bits per heavy atom. The number of piperidine rings is 1. The van der Waals surface area contributed by atoms with E-state index in [9.17, 15) is 4.79 Å². The van der Waals surface area contributed by atoms with E-state index in [-0.39, 0.29) is 0 Å². The molecule has 2 rings (SSSR count). The van der Waals surface area contributed by atoms with Crippen molar-refractivity contribution >= 4 is 6.09 Å². The van der Waals surface area contributed by atoms with Crippen molar-refractivity contribution < 1.29 is 9.90 Å². The molecular formula is C13H14N2O2. The average Bonchev–Trinajstić information content (AvgIpc) is 2.39. The van der Waals surface area contributed by atoms with Gasteiger partial charge >= 0.3 is 6.09 Å². The maximum Gasteiger partial charge on any atom is 0.407 e. The normalized spacial score (nSPS) is 16.5. The molecular weight excluding hydrogens is 216 g/mol. The Hall–Kier alpha value is -2.02. The van der Waals surface area contributed by atoms with Gasteiger partial charge in [-0.25, -0.2) is 4.79 Å². The van der Waals surface area contributed by atoms with Crippen molar-refractivity contribution in [1.29, 1.82) is 5.26 Å². The van der Waals surface area contributed by atoms with Crippen LogP contribution in [0.15, 0.2) is 24.3 Å². The van der Waals surface area contributed by atoms with E-state index < -0.39 is 6.09 Å². The highest BCUT2D eigenvalue weighted by molar-refractivity contribution is 5.65. The Morgan fingerprint density at radius 1 is 1.41 bits per heavy atom. The van der Waals surface area contributed by atoms with Crippen molar-refractivity contribution in [2.45, 2.75) is 18.8 Å². The minimum Gasteiger partial charge on any atom is -0.465 e.